The smallest absolute Gasteiger partial charge is 0.147 e. The molecule has 0 bridgehead atoms. The third-order valence-corrected chi connectivity index (χ3v) is 2.98. The Morgan fingerprint density at radius 3 is 2.38 bits per heavy atom. The lowest BCUT2D eigenvalue weighted by Crippen LogP contribution is -2.21. The minimum Gasteiger partial charge on any atom is -0.317 e. The van der Waals surface area contributed by atoms with E-state index in [0.717, 1.165) is 25.9 Å². The Labute approximate surface area is 99.5 Å². The van der Waals surface area contributed by atoms with Gasteiger partial charge in [-0.3, -0.25) is 9.98 Å². The molecule has 16 heavy (non-hydrogen) atoms. The summed E-state index contributed by atoms with van der Waals surface area (Å²) in [5.74, 6) is 0. The van der Waals surface area contributed by atoms with Crippen molar-refractivity contribution in [2.24, 2.45) is 9.98 Å². The molecule has 1 N–H and O–H groups in total. The summed E-state index contributed by atoms with van der Waals surface area (Å²) >= 11 is 0. The van der Waals surface area contributed by atoms with Crippen LogP contribution in [0.5, 0.6) is 0 Å². The van der Waals surface area contributed by atoms with Gasteiger partial charge >= 0.3 is 0 Å². The van der Waals surface area contributed by atoms with Crippen molar-refractivity contribution in [1.29, 1.82) is 0 Å². The van der Waals surface area contributed by atoms with Gasteiger partial charge in [-0.2, -0.15) is 0 Å². The lowest BCUT2D eigenvalue weighted by atomic mass is 10.1. The summed E-state index contributed by atoms with van der Waals surface area (Å²) in [4.78, 5) is 8.70. The van der Waals surface area contributed by atoms with Crippen molar-refractivity contribution in [3.8, 4) is 0 Å². The molecule has 0 unspecified atom stereocenters. The van der Waals surface area contributed by atoms with Crippen LogP contribution >= 0.6 is 0 Å². The predicted molar refractivity (Wildman–Crippen MR) is 71.6 cm³/mol. The molecule has 0 aromatic heterocycles. The van der Waals surface area contributed by atoms with Crippen LogP contribution in [-0.2, 0) is 0 Å². The van der Waals surface area contributed by atoms with Crippen molar-refractivity contribution in [3.05, 3.63) is 0 Å². The zero-order valence-corrected chi connectivity index (χ0v) is 10.7. The van der Waals surface area contributed by atoms with Crippen LogP contribution < -0.4 is 5.32 Å². The molecule has 3 nitrogen and oxygen atoms in total. The number of hydrogen-bond donors (Lipinski definition) is 1. The molecule has 0 aliphatic carbocycles. The fourth-order valence-electron chi connectivity index (χ4n) is 1.90. The van der Waals surface area contributed by atoms with Crippen molar-refractivity contribution in [2.45, 2.75) is 58.0 Å². The molecule has 0 radical (unpaired) electrons. The summed E-state index contributed by atoms with van der Waals surface area (Å²) < 4.78 is 0. The molecule has 1 aliphatic rings. The number of nitrogens with zero attached hydrogens (tertiary/aromatic N) is 2. The maximum absolute atomic E-state index is 4.35. The van der Waals surface area contributed by atoms with Crippen molar-refractivity contribution in [1.82, 2.24) is 5.32 Å². The minimum absolute atomic E-state index is 0.163. The highest BCUT2D eigenvalue weighted by Gasteiger charge is 2.21. The predicted octanol–water partition coefficient (Wildman–Crippen LogP) is 2.81. The molecule has 0 spiro atoms. The summed E-state index contributed by atoms with van der Waals surface area (Å²) in [5.41, 5.74) is -0.163. The summed E-state index contributed by atoms with van der Waals surface area (Å²) in [7, 11) is 0. The normalized spacial score (nSPS) is 17.1. The first-order valence-electron chi connectivity index (χ1n) is 6.56. The first-order chi connectivity index (χ1) is 7.77. The van der Waals surface area contributed by atoms with Crippen LogP contribution in [0.1, 0.15) is 52.4 Å². The first-order valence-corrected chi connectivity index (χ1v) is 6.56. The molecule has 0 amide bonds. The van der Waals surface area contributed by atoms with Gasteiger partial charge in [0.1, 0.15) is 5.66 Å². The third-order valence-electron chi connectivity index (χ3n) is 2.98. The van der Waals surface area contributed by atoms with E-state index in [1.54, 1.807) is 12.4 Å². The molecule has 0 aromatic rings. The van der Waals surface area contributed by atoms with Crippen LogP contribution in [0, 0.1) is 0 Å². The number of hydrogen-bond acceptors (Lipinski definition) is 3. The van der Waals surface area contributed by atoms with E-state index in [2.05, 4.69) is 29.1 Å². The van der Waals surface area contributed by atoms with E-state index in [1.807, 2.05) is 0 Å². The van der Waals surface area contributed by atoms with Gasteiger partial charge in [0.2, 0.25) is 0 Å². The van der Waals surface area contributed by atoms with E-state index in [9.17, 15) is 0 Å². The highest BCUT2D eigenvalue weighted by molar-refractivity contribution is 6.17. The summed E-state index contributed by atoms with van der Waals surface area (Å²) in [6, 6.07) is 0. The van der Waals surface area contributed by atoms with E-state index in [-0.39, 0.29) is 5.66 Å². The Kier molecular flexibility index (Phi) is 6.31. The Morgan fingerprint density at radius 1 is 1.00 bits per heavy atom. The van der Waals surface area contributed by atoms with Crippen LogP contribution in [0.4, 0.5) is 0 Å². The molecule has 0 fully saturated rings. The Morgan fingerprint density at radius 2 is 1.69 bits per heavy atom. The zero-order valence-electron chi connectivity index (χ0n) is 10.7. The molecule has 3 heteroatoms. The molecule has 92 valence electrons. The van der Waals surface area contributed by atoms with E-state index in [1.165, 1.54) is 25.7 Å². The van der Waals surface area contributed by atoms with Gasteiger partial charge in [0, 0.05) is 12.4 Å². The molecular weight excluding hydrogens is 198 g/mol. The quantitative estimate of drug-likeness (QED) is 0.600. The number of aliphatic imine (C=N–C) groups is 2. The van der Waals surface area contributed by atoms with E-state index in [0.29, 0.717) is 0 Å². The second kappa shape index (κ2) is 7.55. The minimum atomic E-state index is -0.163. The van der Waals surface area contributed by atoms with Crippen molar-refractivity contribution in [3.63, 3.8) is 0 Å². The van der Waals surface area contributed by atoms with Crippen LogP contribution in [0.2, 0.25) is 0 Å². The molecule has 1 rings (SSSR count). The van der Waals surface area contributed by atoms with Crippen LogP contribution in [0.25, 0.3) is 0 Å². The van der Waals surface area contributed by atoms with Crippen molar-refractivity contribution >= 4 is 12.4 Å². The van der Waals surface area contributed by atoms with Crippen LogP contribution in [-0.4, -0.2) is 31.2 Å². The van der Waals surface area contributed by atoms with Gasteiger partial charge in [0.15, 0.2) is 0 Å². The average molecular weight is 223 g/mol. The van der Waals surface area contributed by atoms with Gasteiger partial charge in [0.25, 0.3) is 0 Å². The van der Waals surface area contributed by atoms with Crippen LogP contribution in [0.3, 0.4) is 0 Å². The number of unbranched alkanes of at least 4 members (excludes halogenated alkanes) is 3. The number of nitrogens with one attached hydrogen (secondary N) is 1. The fourth-order valence-corrected chi connectivity index (χ4v) is 1.90. The Bertz CT molecular complexity index is 221. The van der Waals surface area contributed by atoms with E-state index < -0.39 is 0 Å². The van der Waals surface area contributed by atoms with Crippen molar-refractivity contribution in [2.75, 3.05) is 13.1 Å². The molecule has 1 aliphatic heterocycles. The van der Waals surface area contributed by atoms with E-state index in [4.69, 9.17) is 0 Å². The van der Waals surface area contributed by atoms with Gasteiger partial charge < -0.3 is 5.32 Å². The van der Waals surface area contributed by atoms with E-state index >= 15 is 0 Å². The molecule has 0 aromatic carbocycles. The summed E-state index contributed by atoms with van der Waals surface area (Å²) in [5, 5.41) is 3.48. The Balaban J connectivity index is 1.88. The van der Waals surface area contributed by atoms with Gasteiger partial charge in [-0.25, -0.2) is 0 Å². The van der Waals surface area contributed by atoms with Gasteiger partial charge in [-0.05, 0) is 39.3 Å². The largest absolute Gasteiger partial charge is 0.317 e. The second-order valence-corrected chi connectivity index (χ2v) is 4.69. The molecular formula is C13H25N3. The maximum atomic E-state index is 4.35. The Hall–Kier alpha value is -0.700. The van der Waals surface area contributed by atoms with Gasteiger partial charge in [-0.1, -0.05) is 26.2 Å². The van der Waals surface area contributed by atoms with Gasteiger partial charge in [0.05, 0.1) is 0 Å². The molecule has 1 heterocycles. The lowest BCUT2D eigenvalue weighted by Gasteiger charge is -2.16. The summed E-state index contributed by atoms with van der Waals surface area (Å²) in [6.45, 7) is 6.58. The average Bonchev–Trinajstić information content (AvgIpc) is 2.70. The monoisotopic (exact) mass is 223 g/mol. The molecule has 0 atom stereocenters. The summed E-state index contributed by atoms with van der Waals surface area (Å²) in [6.07, 6.45) is 11.1. The highest BCUT2D eigenvalue weighted by Crippen LogP contribution is 2.20. The molecule has 0 saturated heterocycles. The third kappa shape index (κ3) is 5.40. The lowest BCUT2D eigenvalue weighted by molar-refractivity contribution is 0.440. The fraction of sp³-hybridized carbons (Fsp3) is 0.846. The van der Waals surface area contributed by atoms with Gasteiger partial charge in [-0.15, -0.1) is 0 Å². The topological polar surface area (TPSA) is 36.8 Å². The second-order valence-electron chi connectivity index (χ2n) is 4.69. The molecule has 0 saturated carbocycles. The van der Waals surface area contributed by atoms with Crippen LogP contribution in [0.15, 0.2) is 9.98 Å². The maximum Gasteiger partial charge on any atom is 0.147 e. The SMILES string of the molecule is CCCCCCNCCCC1(C)N=CC=N1. The van der Waals surface area contributed by atoms with Crippen molar-refractivity contribution < 1.29 is 0 Å². The number of rotatable bonds is 9. The first kappa shape index (κ1) is 13.4. The zero-order chi connectivity index (χ0) is 11.7. The highest BCUT2D eigenvalue weighted by atomic mass is 15.1. The standard InChI is InChI=1S/C13H25N3/c1-3-4-5-6-9-14-10-7-8-13(2)15-11-12-16-13/h11-12,14H,3-10H2,1-2H3.